The van der Waals surface area contributed by atoms with Crippen molar-refractivity contribution in [3.63, 3.8) is 0 Å². The molecule has 2 N–H and O–H groups in total. The lowest BCUT2D eigenvalue weighted by Gasteiger charge is -2.26. The molecule has 0 aromatic heterocycles. The fraction of sp³-hybridized carbons (Fsp3) is 0.364. The van der Waals surface area contributed by atoms with Crippen molar-refractivity contribution >= 4 is 17.3 Å². The molecule has 0 saturated heterocycles. The molecular weight excluding hydrogens is 211 g/mol. The largest absolute Gasteiger partial charge is 0.382 e. The number of hydrogen-bond donors (Lipinski definition) is 2. The zero-order chi connectivity index (χ0) is 11.7. The van der Waals surface area contributed by atoms with E-state index in [1.807, 2.05) is 0 Å². The van der Waals surface area contributed by atoms with E-state index in [0.717, 1.165) is 5.69 Å². The fourth-order valence-electron chi connectivity index (χ4n) is 1.66. The predicted molar refractivity (Wildman–Crippen MR) is 59.1 cm³/mol. The van der Waals surface area contributed by atoms with Gasteiger partial charge in [-0.2, -0.15) is 0 Å². The van der Waals surface area contributed by atoms with Gasteiger partial charge in [0.15, 0.2) is 0 Å². The first-order chi connectivity index (χ1) is 7.61. The summed E-state index contributed by atoms with van der Waals surface area (Å²) in [6.45, 7) is 1.96. The van der Waals surface area contributed by atoms with Gasteiger partial charge in [0.2, 0.25) is 5.91 Å². The standard InChI is InChI=1S/C11H13FN2O2/c1-6-3-8-9(4-7(6)12)14-11(15)10(13-8)5-16-2/h3-4,10,13H,5H2,1-2H3,(H,14,15). The molecule has 4 nitrogen and oxygen atoms in total. The molecule has 1 aliphatic rings. The van der Waals surface area contributed by atoms with E-state index in [9.17, 15) is 9.18 Å². The number of aryl methyl sites for hydroxylation is 1. The number of ether oxygens (including phenoxy) is 1. The number of halogens is 1. The third-order valence-electron chi connectivity index (χ3n) is 2.54. The molecule has 1 aliphatic heterocycles. The average Bonchev–Trinajstić information content (AvgIpc) is 2.23. The van der Waals surface area contributed by atoms with Crippen molar-refractivity contribution in [1.82, 2.24) is 0 Å². The van der Waals surface area contributed by atoms with Crippen molar-refractivity contribution in [2.45, 2.75) is 13.0 Å². The van der Waals surface area contributed by atoms with Crippen LogP contribution in [0.4, 0.5) is 15.8 Å². The molecule has 2 rings (SSSR count). The Kier molecular flexibility index (Phi) is 2.78. The summed E-state index contributed by atoms with van der Waals surface area (Å²) in [5, 5.41) is 5.65. The molecule has 86 valence electrons. The number of anilines is 2. The average molecular weight is 224 g/mol. The van der Waals surface area contributed by atoms with E-state index in [1.54, 1.807) is 13.0 Å². The Hall–Kier alpha value is -1.62. The van der Waals surface area contributed by atoms with Crippen LogP contribution in [0.3, 0.4) is 0 Å². The number of nitrogens with one attached hydrogen (secondary N) is 2. The van der Waals surface area contributed by atoms with E-state index >= 15 is 0 Å². The van der Waals surface area contributed by atoms with Crippen LogP contribution in [-0.4, -0.2) is 25.7 Å². The molecule has 1 atom stereocenters. The highest BCUT2D eigenvalue weighted by Crippen LogP contribution is 2.29. The molecule has 0 aliphatic carbocycles. The van der Waals surface area contributed by atoms with Gasteiger partial charge >= 0.3 is 0 Å². The predicted octanol–water partition coefficient (Wildman–Crippen LogP) is 1.51. The fourth-order valence-corrected chi connectivity index (χ4v) is 1.66. The minimum absolute atomic E-state index is 0.211. The van der Waals surface area contributed by atoms with Crippen LogP contribution in [0.15, 0.2) is 12.1 Å². The third-order valence-corrected chi connectivity index (χ3v) is 2.54. The summed E-state index contributed by atoms with van der Waals surface area (Å²) in [4.78, 5) is 11.6. The Morgan fingerprint density at radius 2 is 2.19 bits per heavy atom. The Labute approximate surface area is 92.8 Å². The van der Waals surface area contributed by atoms with E-state index in [1.165, 1.54) is 13.2 Å². The van der Waals surface area contributed by atoms with Gasteiger partial charge in [0.05, 0.1) is 18.0 Å². The molecule has 0 spiro atoms. The van der Waals surface area contributed by atoms with Gasteiger partial charge < -0.3 is 15.4 Å². The van der Waals surface area contributed by atoms with Crippen LogP contribution >= 0.6 is 0 Å². The van der Waals surface area contributed by atoms with Crippen molar-refractivity contribution in [1.29, 1.82) is 0 Å². The van der Waals surface area contributed by atoms with Crippen LogP contribution in [0.2, 0.25) is 0 Å². The molecule has 1 amide bonds. The zero-order valence-electron chi connectivity index (χ0n) is 9.13. The molecule has 1 heterocycles. The molecule has 0 bridgehead atoms. The Bertz CT molecular complexity index is 434. The van der Waals surface area contributed by atoms with E-state index in [0.29, 0.717) is 11.3 Å². The van der Waals surface area contributed by atoms with Gasteiger partial charge in [-0.3, -0.25) is 4.79 Å². The van der Waals surface area contributed by atoms with Crippen LogP contribution in [0.5, 0.6) is 0 Å². The minimum Gasteiger partial charge on any atom is -0.382 e. The second-order valence-electron chi connectivity index (χ2n) is 3.79. The first-order valence-corrected chi connectivity index (χ1v) is 4.98. The summed E-state index contributed by atoms with van der Waals surface area (Å²) in [5.41, 5.74) is 1.74. The maximum absolute atomic E-state index is 13.3. The molecule has 16 heavy (non-hydrogen) atoms. The first-order valence-electron chi connectivity index (χ1n) is 4.98. The van der Waals surface area contributed by atoms with Gasteiger partial charge in [0.25, 0.3) is 0 Å². The number of benzene rings is 1. The second kappa shape index (κ2) is 4.09. The van der Waals surface area contributed by atoms with Crippen molar-refractivity contribution in [2.24, 2.45) is 0 Å². The highest BCUT2D eigenvalue weighted by atomic mass is 19.1. The molecule has 0 saturated carbocycles. The SMILES string of the molecule is COCC1Nc2cc(C)c(F)cc2NC1=O. The highest BCUT2D eigenvalue weighted by Gasteiger charge is 2.25. The van der Waals surface area contributed by atoms with Crippen LogP contribution in [-0.2, 0) is 9.53 Å². The molecule has 0 fully saturated rings. The normalized spacial score (nSPS) is 18.7. The molecule has 1 aromatic carbocycles. The van der Waals surface area contributed by atoms with Crippen LogP contribution < -0.4 is 10.6 Å². The van der Waals surface area contributed by atoms with Crippen LogP contribution in [0.25, 0.3) is 0 Å². The van der Waals surface area contributed by atoms with E-state index in [2.05, 4.69) is 10.6 Å². The quantitative estimate of drug-likeness (QED) is 0.800. The van der Waals surface area contributed by atoms with Crippen molar-refractivity contribution in [3.05, 3.63) is 23.5 Å². The number of rotatable bonds is 2. The summed E-state index contributed by atoms with van der Waals surface area (Å²) in [7, 11) is 1.53. The minimum atomic E-state index is -0.428. The number of carbonyl (C=O) groups is 1. The number of fused-ring (bicyclic) bond motifs is 1. The lowest BCUT2D eigenvalue weighted by Crippen LogP contribution is -2.41. The molecule has 1 unspecified atom stereocenters. The Morgan fingerprint density at radius 3 is 2.88 bits per heavy atom. The Balaban J connectivity index is 2.32. The summed E-state index contributed by atoms with van der Waals surface area (Å²) < 4.78 is 18.2. The van der Waals surface area contributed by atoms with Gasteiger partial charge in [0.1, 0.15) is 11.9 Å². The summed E-state index contributed by atoms with van der Waals surface area (Å²) >= 11 is 0. The molecule has 1 aromatic rings. The van der Waals surface area contributed by atoms with Crippen molar-refractivity contribution in [2.75, 3.05) is 24.4 Å². The summed E-state index contributed by atoms with van der Waals surface area (Å²) in [5.74, 6) is -0.538. The highest BCUT2D eigenvalue weighted by molar-refractivity contribution is 6.03. The zero-order valence-corrected chi connectivity index (χ0v) is 9.13. The first kappa shape index (κ1) is 10.9. The summed E-state index contributed by atoms with van der Waals surface area (Å²) in [6.07, 6.45) is 0. The monoisotopic (exact) mass is 224 g/mol. The van der Waals surface area contributed by atoms with Gasteiger partial charge in [-0.05, 0) is 24.6 Å². The molecule has 0 radical (unpaired) electrons. The number of hydrogen-bond acceptors (Lipinski definition) is 3. The van der Waals surface area contributed by atoms with Crippen LogP contribution in [0.1, 0.15) is 5.56 Å². The van der Waals surface area contributed by atoms with Crippen LogP contribution in [0, 0.1) is 12.7 Å². The van der Waals surface area contributed by atoms with Crippen molar-refractivity contribution in [3.8, 4) is 0 Å². The summed E-state index contributed by atoms with van der Waals surface area (Å²) in [6, 6.07) is 2.56. The Morgan fingerprint density at radius 1 is 1.44 bits per heavy atom. The topological polar surface area (TPSA) is 50.4 Å². The van der Waals surface area contributed by atoms with Gasteiger partial charge in [-0.15, -0.1) is 0 Å². The molecular formula is C11H13FN2O2. The second-order valence-corrected chi connectivity index (χ2v) is 3.79. The lowest BCUT2D eigenvalue weighted by atomic mass is 10.1. The number of methoxy groups -OCH3 is 1. The van der Waals surface area contributed by atoms with Gasteiger partial charge in [0, 0.05) is 7.11 Å². The van der Waals surface area contributed by atoms with Gasteiger partial charge in [-0.1, -0.05) is 0 Å². The third kappa shape index (κ3) is 1.86. The van der Waals surface area contributed by atoms with Crippen molar-refractivity contribution < 1.29 is 13.9 Å². The van der Waals surface area contributed by atoms with E-state index < -0.39 is 6.04 Å². The van der Waals surface area contributed by atoms with Gasteiger partial charge in [-0.25, -0.2) is 4.39 Å². The van der Waals surface area contributed by atoms with E-state index in [-0.39, 0.29) is 18.3 Å². The maximum atomic E-state index is 13.3. The smallest absolute Gasteiger partial charge is 0.249 e. The van der Waals surface area contributed by atoms with E-state index in [4.69, 9.17) is 4.74 Å². The maximum Gasteiger partial charge on any atom is 0.249 e. The number of carbonyl (C=O) groups excluding carboxylic acids is 1. The number of amides is 1. The molecule has 5 heteroatoms. The lowest BCUT2D eigenvalue weighted by molar-refractivity contribution is -0.118.